The first-order valence-electron chi connectivity index (χ1n) is 6.75. The molecule has 1 unspecified atom stereocenters. The van der Waals surface area contributed by atoms with Crippen LogP contribution in [0.1, 0.15) is 18.4 Å². The Morgan fingerprint density at radius 3 is 2.80 bits per heavy atom. The second kappa shape index (κ2) is 6.24. The highest BCUT2D eigenvalue weighted by atomic mass is 16.5. The Morgan fingerprint density at radius 2 is 2.25 bits per heavy atom. The topological polar surface area (TPSA) is 67.8 Å². The summed E-state index contributed by atoms with van der Waals surface area (Å²) in [5.74, 6) is -0.0382. The SMILES string of the molecule is CNC(COc1cccc(COC)c1)(C(=O)O)C1CC1. The Labute approximate surface area is 118 Å². The maximum atomic E-state index is 11.6. The Morgan fingerprint density at radius 1 is 1.50 bits per heavy atom. The standard InChI is InChI=1S/C15H21NO4/c1-16-15(14(17)18,12-6-7-12)10-20-13-5-3-4-11(8-13)9-19-2/h3-5,8,12,16H,6-7,9-10H2,1-2H3,(H,17,18). The zero-order valence-electron chi connectivity index (χ0n) is 11.9. The smallest absolute Gasteiger partial charge is 0.327 e. The van der Waals surface area contributed by atoms with Crippen LogP contribution in [-0.2, 0) is 16.1 Å². The maximum absolute atomic E-state index is 11.6. The van der Waals surface area contributed by atoms with Crippen molar-refractivity contribution in [2.75, 3.05) is 20.8 Å². The van der Waals surface area contributed by atoms with Crippen molar-refractivity contribution in [3.05, 3.63) is 29.8 Å². The number of nitrogens with one attached hydrogen (secondary N) is 1. The summed E-state index contributed by atoms with van der Waals surface area (Å²) in [6.45, 7) is 0.635. The molecule has 0 aromatic heterocycles. The number of hydrogen-bond acceptors (Lipinski definition) is 4. The molecule has 0 aliphatic heterocycles. The highest BCUT2D eigenvalue weighted by molar-refractivity contribution is 5.80. The van der Waals surface area contributed by atoms with Crippen LogP contribution in [0.15, 0.2) is 24.3 Å². The average Bonchev–Trinajstić information content (AvgIpc) is 3.25. The summed E-state index contributed by atoms with van der Waals surface area (Å²) in [5.41, 5.74) is 0.0128. The number of aliphatic carboxylic acids is 1. The molecule has 0 heterocycles. The van der Waals surface area contributed by atoms with Gasteiger partial charge in [0.05, 0.1) is 6.61 Å². The number of carboxylic acid groups (broad SMARTS) is 1. The minimum atomic E-state index is -0.989. The van der Waals surface area contributed by atoms with E-state index in [2.05, 4.69) is 5.32 Å². The summed E-state index contributed by atoms with van der Waals surface area (Å²) in [6, 6.07) is 7.52. The summed E-state index contributed by atoms with van der Waals surface area (Å²) in [6.07, 6.45) is 1.86. The van der Waals surface area contributed by atoms with Crippen molar-refractivity contribution in [2.24, 2.45) is 5.92 Å². The molecular formula is C15H21NO4. The van der Waals surface area contributed by atoms with Gasteiger partial charge in [-0.2, -0.15) is 0 Å². The predicted molar refractivity (Wildman–Crippen MR) is 74.8 cm³/mol. The number of hydrogen-bond donors (Lipinski definition) is 2. The van der Waals surface area contributed by atoms with Gasteiger partial charge in [-0.1, -0.05) is 12.1 Å². The molecule has 1 atom stereocenters. The lowest BCUT2D eigenvalue weighted by Crippen LogP contribution is -2.56. The number of benzene rings is 1. The lowest BCUT2D eigenvalue weighted by atomic mass is 9.94. The van der Waals surface area contributed by atoms with Crippen LogP contribution in [0.4, 0.5) is 0 Å². The molecule has 1 fully saturated rings. The van der Waals surface area contributed by atoms with Gasteiger partial charge < -0.3 is 19.9 Å². The van der Waals surface area contributed by atoms with E-state index in [1.807, 2.05) is 24.3 Å². The lowest BCUT2D eigenvalue weighted by molar-refractivity contribution is -0.147. The van der Waals surface area contributed by atoms with E-state index in [0.29, 0.717) is 12.4 Å². The van der Waals surface area contributed by atoms with E-state index >= 15 is 0 Å². The molecule has 0 bridgehead atoms. The van der Waals surface area contributed by atoms with Gasteiger partial charge in [-0.05, 0) is 43.5 Å². The van der Waals surface area contributed by atoms with Crippen molar-refractivity contribution in [3.8, 4) is 5.75 Å². The Kier molecular flexibility index (Phi) is 4.62. The number of rotatable bonds is 8. The van der Waals surface area contributed by atoms with Crippen LogP contribution in [0.3, 0.4) is 0 Å². The zero-order chi connectivity index (χ0) is 14.6. The quantitative estimate of drug-likeness (QED) is 0.757. The summed E-state index contributed by atoms with van der Waals surface area (Å²) in [7, 11) is 3.31. The molecule has 0 saturated heterocycles. The molecule has 1 saturated carbocycles. The molecule has 5 nitrogen and oxygen atoms in total. The molecule has 0 radical (unpaired) electrons. The van der Waals surface area contributed by atoms with E-state index in [9.17, 15) is 9.90 Å². The highest BCUT2D eigenvalue weighted by Crippen LogP contribution is 2.40. The van der Waals surface area contributed by atoms with Gasteiger partial charge in [-0.15, -0.1) is 0 Å². The fourth-order valence-electron chi connectivity index (χ4n) is 2.40. The first-order chi connectivity index (χ1) is 9.62. The van der Waals surface area contributed by atoms with Crippen LogP contribution >= 0.6 is 0 Å². The number of methoxy groups -OCH3 is 1. The predicted octanol–water partition coefficient (Wildman–Crippen LogP) is 1.66. The van der Waals surface area contributed by atoms with Crippen LogP contribution in [0.5, 0.6) is 5.75 Å². The normalized spacial score (nSPS) is 17.5. The summed E-state index contributed by atoms with van der Waals surface area (Å²) in [4.78, 5) is 11.6. The maximum Gasteiger partial charge on any atom is 0.327 e. The Balaban J connectivity index is 2.05. The molecule has 1 aliphatic rings. The summed E-state index contributed by atoms with van der Waals surface area (Å²) in [5, 5.41) is 12.4. The lowest BCUT2D eigenvalue weighted by Gasteiger charge is -2.29. The summed E-state index contributed by atoms with van der Waals surface area (Å²) < 4.78 is 10.8. The molecule has 1 aromatic carbocycles. The van der Waals surface area contributed by atoms with Gasteiger partial charge in [0, 0.05) is 7.11 Å². The number of carboxylic acids is 1. The molecule has 1 aromatic rings. The molecule has 2 N–H and O–H groups in total. The van der Waals surface area contributed by atoms with Crippen molar-refractivity contribution in [1.82, 2.24) is 5.32 Å². The van der Waals surface area contributed by atoms with E-state index < -0.39 is 11.5 Å². The van der Waals surface area contributed by atoms with Crippen LogP contribution in [0.2, 0.25) is 0 Å². The second-order valence-electron chi connectivity index (χ2n) is 5.17. The van der Waals surface area contributed by atoms with Crippen LogP contribution in [0.25, 0.3) is 0 Å². The Bertz CT molecular complexity index is 473. The Hall–Kier alpha value is -1.59. The van der Waals surface area contributed by atoms with Gasteiger partial charge >= 0.3 is 5.97 Å². The van der Waals surface area contributed by atoms with Crippen molar-refractivity contribution < 1.29 is 19.4 Å². The third-order valence-electron chi connectivity index (χ3n) is 3.78. The average molecular weight is 279 g/mol. The number of carbonyl (C=O) groups is 1. The van der Waals surface area contributed by atoms with Crippen molar-refractivity contribution in [3.63, 3.8) is 0 Å². The van der Waals surface area contributed by atoms with E-state index in [0.717, 1.165) is 18.4 Å². The van der Waals surface area contributed by atoms with Crippen LogP contribution in [-0.4, -0.2) is 37.4 Å². The first-order valence-corrected chi connectivity index (χ1v) is 6.75. The van der Waals surface area contributed by atoms with E-state index in [4.69, 9.17) is 9.47 Å². The second-order valence-corrected chi connectivity index (χ2v) is 5.17. The first kappa shape index (κ1) is 14.8. The fraction of sp³-hybridized carbons (Fsp3) is 0.533. The molecule has 1 aliphatic carbocycles. The van der Waals surface area contributed by atoms with Gasteiger partial charge in [0.15, 0.2) is 5.54 Å². The molecule has 5 heteroatoms. The molecule has 110 valence electrons. The largest absolute Gasteiger partial charge is 0.491 e. The van der Waals surface area contributed by atoms with Gasteiger partial charge in [0.25, 0.3) is 0 Å². The minimum Gasteiger partial charge on any atom is -0.491 e. The number of ether oxygens (including phenoxy) is 2. The van der Waals surface area contributed by atoms with Gasteiger partial charge in [-0.25, -0.2) is 0 Å². The van der Waals surface area contributed by atoms with Crippen LogP contribution < -0.4 is 10.1 Å². The third-order valence-corrected chi connectivity index (χ3v) is 3.78. The fourth-order valence-corrected chi connectivity index (χ4v) is 2.40. The van der Waals surface area contributed by atoms with Gasteiger partial charge in [0.2, 0.25) is 0 Å². The van der Waals surface area contributed by atoms with Gasteiger partial charge in [0.1, 0.15) is 12.4 Å². The van der Waals surface area contributed by atoms with Gasteiger partial charge in [-0.3, -0.25) is 4.79 Å². The van der Waals surface area contributed by atoms with Crippen LogP contribution in [0, 0.1) is 5.92 Å². The van der Waals surface area contributed by atoms with E-state index in [1.54, 1.807) is 14.2 Å². The van der Waals surface area contributed by atoms with Crippen molar-refractivity contribution in [1.29, 1.82) is 0 Å². The van der Waals surface area contributed by atoms with E-state index in [-0.39, 0.29) is 12.5 Å². The molecule has 2 rings (SSSR count). The zero-order valence-corrected chi connectivity index (χ0v) is 11.9. The minimum absolute atomic E-state index is 0.125. The highest BCUT2D eigenvalue weighted by Gasteiger charge is 2.51. The molecule has 20 heavy (non-hydrogen) atoms. The molecule has 0 spiro atoms. The monoisotopic (exact) mass is 279 g/mol. The summed E-state index contributed by atoms with van der Waals surface area (Å²) >= 11 is 0. The molecular weight excluding hydrogens is 258 g/mol. The van der Waals surface area contributed by atoms with Crippen molar-refractivity contribution >= 4 is 5.97 Å². The molecule has 0 amide bonds. The van der Waals surface area contributed by atoms with Crippen molar-refractivity contribution in [2.45, 2.75) is 25.0 Å². The number of likely N-dealkylation sites (N-methyl/N-ethyl adjacent to an activating group) is 1. The van der Waals surface area contributed by atoms with E-state index in [1.165, 1.54) is 0 Å². The third kappa shape index (κ3) is 3.11.